The maximum absolute atomic E-state index is 12.6. The average molecular weight is 393 g/mol. The molecular formula is C22H23N3O4. The number of ether oxygens (including phenoxy) is 3. The number of nitriles is 1. The van der Waals surface area contributed by atoms with Gasteiger partial charge < -0.3 is 24.4 Å². The normalized spacial score (nSPS) is 14.1. The molecule has 0 saturated carbocycles. The predicted molar refractivity (Wildman–Crippen MR) is 111 cm³/mol. The van der Waals surface area contributed by atoms with Crippen LogP contribution >= 0.6 is 0 Å². The Hall–Kier alpha value is -3.50. The molecular weight excluding hydrogens is 370 g/mol. The fraction of sp³-hybridized carbons (Fsp3) is 0.273. The first kappa shape index (κ1) is 20.2. The molecule has 150 valence electrons. The monoisotopic (exact) mass is 393 g/mol. The number of hydrogen-bond donors (Lipinski definition) is 1. The molecule has 0 aliphatic carbocycles. The summed E-state index contributed by atoms with van der Waals surface area (Å²) in [5.74, 6) is 0.659. The lowest BCUT2D eigenvalue weighted by Gasteiger charge is -2.28. The van der Waals surface area contributed by atoms with Crippen LogP contribution in [0, 0.1) is 11.3 Å². The summed E-state index contributed by atoms with van der Waals surface area (Å²) in [6.45, 7) is 3.11. The minimum Gasteiger partial charge on any atom is -0.497 e. The lowest BCUT2D eigenvalue weighted by atomic mass is 10.1. The molecule has 0 bridgehead atoms. The summed E-state index contributed by atoms with van der Waals surface area (Å²) in [6, 6.07) is 14.7. The molecule has 1 aliphatic rings. The van der Waals surface area contributed by atoms with Gasteiger partial charge in [0.2, 0.25) is 0 Å². The van der Waals surface area contributed by atoms with E-state index in [1.807, 2.05) is 30.3 Å². The lowest BCUT2D eigenvalue weighted by Crippen LogP contribution is -2.36. The van der Waals surface area contributed by atoms with Crippen molar-refractivity contribution in [1.29, 1.82) is 5.26 Å². The Morgan fingerprint density at radius 1 is 1.14 bits per heavy atom. The van der Waals surface area contributed by atoms with E-state index in [2.05, 4.69) is 10.2 Å². The van der Waals surface area contributed by atoms with E-state index in [9.17, 15) is 10.1 Å². The van der Waals surface area contributed by atoms with Crippen LogP contribution in [0.5, 0.6) is 11.5 Å². The van der Waals surface area contributed by atoms with Crippen molar-refractivity contribution in [2.75, 3.05) is 50.7 Å². The second-order valence-corrected chi connectivity index (χ2v) is 6.38. The van der Waals surface area contributed by atoms with Crippen molar-refractivity contribution in [2.45, 2.75) is 0 Å². The number of nitrogens with zero attached hydrogens (tertiary/aromatic N) is 2. The molecule has 2 aromatic rings. The molecule has 0 unspecified atom stereocenters. The fourth-order valence-corrected chi connectivity index (χ4v) is 3.02. The molecule has 0 spiro atoms. The molecule has 0 radical (unpaired) electrons. The Balaban J connectivity index is 1.73. The first-order valence-electron chi connectivity index (χ1n) is 9.22. The molecule has 0 atom stereocenters. The van der Waals surface area contributed by atoms with Crippen molar-refractivity contribution in [1.82, 2.24) is 0 Å². The van der Waals surface area contributed by atoms with Gasteiger partial charge in [0, 0.05) is 36.1 Å². The van der Waals surface area contributed by atoms with Crippen LogP contribution in [-0.4, -0.2) is 46.4 Å². The predicted octanol–water partition coefficient (Wildman–Crippen LogP) is 3.09. The number of rotatable bonds is 6. The number of methoxy groups -OCH3 is 2. The summed E-state index contributed by atoms with van der Waals surface area (Å²) >= 11 is 0. The molecule has 2 aromatic carbocycles. The number of amides is 1. The SMILES string of the molecule is COc1ccc(/C=C(\C#N)C(=O)Nc2ccc(N3CCOCC3)cc2)c(OC)c1. The number of nitrogens with one attached hydrogen (secondary N) is 1. The van der Waals surface area contributed by atoms with E-state index in [4.69, 9.17) is 14.2 Å². The molecule has 0 aromatic heterocycles. The molecule has 7 heteroatoms. The van der Waals surface area contributed by atoms with Gasteiger partial charge in [-0.25, -0.2) is 0 Å². The Kier molecular flexibility index (Phi) is 6.72. The van der Waals surface area contributed by atoms with E-state index in [1.165, 1.54) is 13.2 Å². The number of carbonyl (C=O) groups excluding carboxylic acids is 1. The second kappa shape index (κ2) is 9.62. The van der Waals surface area contributed by atoms with Crippen molar-refractivity contribution in [3.63, 3.8) is 0 Å². The van der Waals surface area contributed by atoms with Crippen molar-refractivity contribution < 1.29 is 19.0 Å². The highest BCUT2D eigenvalue weighted by molar-refractivity contribution is 6.09. The van der Waals surface area contributed by atoms with Gasteiger partial charge in [0.05, 0.1) is 27.4 Å². The summed E-state index contributed by atoms with van der Waals surface area (Å²) in [4.78, 5) is 14.8. The number of benzene rings is 2. The van der Waals surface area contributed by atoms with Crippen LogP contribution in [0.2, 0.25) is 0 Å². The Labute approximate surface area is 170 Å². The number of anilines is 2. The summed E-state index contributed by atoms with van der Waals surface area (Å²) in [7, 11) is 3.08. The molecule has 7 nitrogen and oxygen atoms in total. The summed E-state index contributed by atoms with van der Waals surface area (Å²) in [5, 5.41) is 12.2. The molecule has 3 rings (SSSR count). The van der Waals surface area contributed by atoms with Crippen molar-refractivity contribution in [3.05, 3.63) is 53.6 Å². The van der Waals surface area contributed by atoms with Crippen LogP contribution < -0.4 is 19.7 Å². The number of hydrogen-bond acceptors (Lipinski definition) is 6. The van der Waals surface area contributed by atoms with Crippen LogP contribution in [0.3, 0.4) is 0 Å². The van der Waals surface area contributed by atoms with Crippen molar-refractivity contribution in [3.8, 4) is 17.6 Å². The minimum atomic E-state index is -0.482. The summed E-state index contributed by atoms with van der Waals surface area (Å²) in [6.07, 6.45) is 1.50. The third-order valence-electron chi connectivity index (χ3n) is 4.61. The maximum atomic E-state index is 12.6. The standard InChI is InChI=1S/C22H23N3O4/c1-27-20-8-3-16(21(14-20)28-2)13-17(15-23)22(26)24-18-4-6-19(7-5-18)25-9-11-29-12-10-25/h3-8,13-14H,9-12H2,1-2H3,(H,24,26)/b17-13+. The van der Waals surface area contributed by atoms with Gasteiger partial charge in [-0.2, -0.15) is 5.26 Å². The Bertz CT molecular complexity index is 926. The molecule has 1 fully saturated rings. The van der Waals surface area contributed by atoms with E-state index in [1.54, 1.807) is 25.3 Å². The quantitative estimate of drug-likeness (QED) is 0.600. The highest BCUT2D eigenvalue weighted by Crippen LogP contribution is 2.27. The van der Waals surface area contributed by atoms with Crippen molar-refractivity contribution in [2.24, 2.45) is 0 Å². The van der Waals surface area contributed by atoms with Crippen LogP contribution in [0.25, 0.3) is 6.08 Å². The minimum absolute atomic E-state index is 0.0225. The second-order valence-electron chi connectivity index (χ2n) is 6.38. The topological polar surface area (TPSA) is 83.8 Å². The highest BCUT2D eigenvalue weighted by Gasteiger charge is 2.14. The van der Waals surface area contributed by atoms with E-state index < -0.39 is 5.91 Å². The van der Waals surface area contributed by atoms with Gasteiger partial charge in [-0.15, -0.1) is 0 Å². The van der Waals surface area contributed by atoms with E-state index in [-0.39, 0.29) is 5.57 Å². The molecule has 1 aliphatic heterocycles. The third kappa shape index (κ3) is 5.06. The zero-order valence-corrected chi connectivity index (χ0v) is 16.5. The smallest absolute Gasteiger partial charge is 0.266 e. The first-order valence-corrected chi connectivity index (χ1v) is 9.22. The van der Waals surface area contributed by atoms with E-state index in [0.717, 1.165) is 18.8 Å². The molecule has 1 saturated heterocycles. The van der Waals surface area contributed by atoms with Gasteiger partial charge in [0.15, 0.2) is 0 Å². The van der Waals surface area contributed by atoms with Crippen molar-refractivity contribution >= 4 is 23.4 Å². The number of carbonyl (C=O) groups is 1. The maximum Gasteiger partial charge on any atom is 0.266 e. The largest absolute Gasteiger partial charge is 0.497 e. The van der Waals surface area contributed by atoms with Gasteiger partial charge in [-0.1, -0.05) is 0 Å². The average Bonchev–Trinajstić information content (AvgIpc) is 2.78. The molecule has 1 N–H and O–H groups in total. The van der Waals surface area contributed by atoms with Gasteiger partial charge >= 0.3 is 0 Å². The fourth-order valence-electron chi connectivity index (χ4n) is 3.02. The van der Waals surface area contributed by atoms with E-state index >= 15 is 0 Å². The molecule has 29 heavy (non-hydrogen) atoms. The molecule has 1 heterocycles. The van der Waals surface area contributed by atoms with Crippen LogP contribution in [0.4, 0.5) is 11.4 Å². The lowest BCUT2D eigenvalue weighted by molar-refractivity contribution is -0.112. The van der Waals surface area contributed by atoms with Gasteiger partial charge in [0.1, 0.15) is 23.1 Å². The van der Waals surface area contributed by atoms with Gasteiger partial charge in [0.25, 0.3) is 5.91 Å². The van der Waals surface area contributed by atoms with Gasteiger partial charge in [-0.3, -0.25) is 4.79 Å². The summed E-state index contributed by atoms with van der Waals surface area (Å²) in [5.41, 5.74) is 2.29. The van der Waals surface area contributed by atoms with Crippen LogP contribution in [0.15, 0.2) is 48.0 Å². The Morgan fingerprint density at radius 2 is 1.86 bits per heavy atom. The Morgan fingerprint density at radius 3 is 2.48 bits per heavy atom. The van der Waals surface area contributed by atoms with Crippen LogP contribution in [-0.2, 0) is 9.53 Å². The zero-order valence-electron chi connectivity index (χ0n) is 16.5. The van der Waals surface area contributed by atoms with Crippen LogP contribution in [0.1, 0.15) is 5.56 Å². The van der Waals surface area contributed by atoms with E-state index in [0.29, 0.717) is 36.0 Å². The first-order chi connectivity index (χ1) is 14.1. The number of morpholine rings is 1. The third-order valence-corrected chi connectivity index (χ3v) is 4.61. The highest BCUT2D eigenvalue weighted by atomic mass is 16.5. The summed E-state index contributed by atoms with van der Waals surface area (Å²) < 4.78 is 15.9. The molecule has 1 amide bonds. The van der Waals surface area contributed by atoms with Gasteiger partial charge in [-0.05, 0) is 42.5 Å². The zero-order chi connectivity index (χ0) is 20.6.